The van der Waals surface area contributed by atoms with Crippen molar-refractivity contribution in [3.05, 3.63) is 0 Å². The Morgan fingerprint density at radius 1 is 0.733 bits per heavy atom. The molecule has 0 rings (SSSR count). The van der Waals surface area contributed by atoms with Crippen molar-refractivity contribution < 1.29 is 4.74 Å². The van der Waals surface area contributed by atoms with Gasteiger partial charge in [-0.25, -0.2) is 0 Å². The Balaban J connectivity index is 3.95. The molecule has 0 fully saturated rings. The van der Waals surface area contributed by atoms with Gasteiger partial charge < -0.3 is 4.74 Å². The maximum Gasteiger partial charge on any atom is 0.0631 e. The average Bonchev–Trinajstić information content (AvgIpc) is 1.75. The first-order chi connectivity index (χ1) is 6.41. The molecule has 0 bridgehead atoms. The number of hydrogen-bond acceptors (Lipinski definition) is 1. The lowest BCUT2D eigenvalue weighted by Gasteiger charge is -2.33. The van der Waals surface area contributed by atoms with Gasteiger partial charge in [0.2, 0.25) is 0 Å². The standard InChI is InChI=1S/C14H30O/c1-12(2,3)9-10-15-14(7,8)11-13(4,5)6/h9-11H2,1-8H3. The Kier molecular flexibility index (Phi) is 4.85. The molecular formula is C14H30O. The van der Waals surface area contributed by atoms with E-state index in [4.69, 9.17) is 4.74 Å². The number of rotatable bonds is 4. The van der Waals surface area contributed by atoms with E-state index >= 15 is 0 Å². The van der Waals surface area contributed by atoms with Gasteiger partial charge in [0, 0.05) is 6.61 Å². The molecule has 0 radical (unpaired) electrons. The van der Waals surface area contributed by atoms with E-state index in [9.17, 15) is 0 Å². The fraction of sp³-hybridized carbons (Fsp3) is 1.00. The fourth-order valence-electron chi connectivity index (χ4n) is 1.96. The Morgan fingerprint density at radius 3 is 1.53 bits per heavy atom. The summed E-state index contributed by atoms with van der Waals surface area (Å²) in [5, 5.41) is 0. The molecule has 92 valence electrons. The predicted octanol–water partition coefficient (Wildman–Crippen LogP) is 4.65. The fourth-order valence-corrected chi connectivity index (χ4v) is 1.96. The summed E-state index contributed by atoms with van der Waals surface area (Å²) in [6, 6.07) is 0. The van der Waals surface area contributed by atoms with Crippen LogP contribution in [0.2, 0.25) is 0 Å². The van der Waals surface area contributed by atoms with Crippen molar-refractivity contribution in [1.82, 2.24) is 0 Å². The van der Waals surface area contributed by atoms with E-state index in [1.807, 2.05) is 0 Å². The van der Waals surface area contributed by atoms with Crippen LogP contribution in [-0.4, -0.2) is 12.2 Å². The molecule has 1 nitrogen and oxygen atoms in total. The summed E-state index contributed by atoms with van der Waals surface area (Å²) in [7, 11) is 0. The van der Waals surface area contributed by atoms with Crippen molar-refractivity contribution >= 4 is 0 Å². The van der Waals surface area contributed by atoms with Crippen molar-refractivity contribution in [2.24, 2.45) is 10.8 Å². The molecule has 0 saturated carbocycles. The molecule has 0 heterocycles. The highest BCUT2D eigenvalue weighted by Gasteiger charge is 2.26. The SMILES string of the molecule is CC(C)(C)CCOC(C)(C)CC(C)(C)C. The van der Waals surface area contributed by atoms with Gasteiger partial charge in [-0.2, -0.15) is 0 Å². The second-order valence-corrected chi connectivity index (χ2v) is 7.66. The quantitative estimate of drug-likeness (QED) is 0.661. The lowest BCUT2D eigenvalue weighted by molar-refractivity contribution is -0.0511. The van der Waals surface area contributed by atoms with Crippen LogP contribution in [0.4, 0.5) is 0 Å². The van der Waals surface area contributed by atoms with Crippen LogP contribution >= 0.6 is 0 Å². The van der Waals surface area contributed by atoms with Gasteiger partial charge in [0.05, 0.1) is 5.60 Å². The van der Waals surface area contributed by atoms with Gasteiger partial charge in [-0.1, -0.05) is 41.5 Å². The van der Waals surface area contributed by atoms with Crippen LogP contribution in [0.15, 0.2) is 0 Å². The molecule has 0 amide bonds. The average molecular weight is 214 g/mol. The van der Waals surface area contributed by atoms with Gasteiger partial charge in [-0.3, -0.25) is 0 Å². The van der Waals surface area contributed by atoms with E-state index in [-0.39, 0.29) is 5.60 Å². The zero-order valence-corrected chi connectivity index (χ0v) is 12.0. The molecule has 0 aliphatic rings. The normalized spacial score (nSPS) is 14.4. The van der Waals surface area contributed by atoms with Gasteiger partial charge in [0.25, 0.3) is 0 Å². The lowest BCUT2D eigenvalue weighted by atomic mass is 9.83. The van der Waals surface area contributed by atoms with Crippen molar-refractivity contribution in [1.29, 1.82) is 0 Å². The minimum absolute atomic E-state index is 0.00347. The molecule has 0 N–H and O–H groups in total. The van der Waals surface area contributed by atoms with Gasteiger partial charge in [0.1, 0.15) is 0 Å². The van der Waals surface area contributed by atoms with E-state index < -0.39 is 0 Å². The molecule has 0 aliphatic heterocycles. The Bertz CT molecular complexity index is 178. The van der Waals surface area contributed by atoms with Crippen LogP contribution in [0.25, 0.3) is 0 Å². The zero-order valence-electron chi connectivity index (χ0n) is 12.0. The van der Waals surface area contributed by atoms with E-state index in [1.54, 1.807) is 0 Å². The molecule has 0 aromatic carbocycles. The second kappa shape index (κ2) is 4.86. The summed E-state index contributed by atoms with van der Waals surface area (Å²) < 4.78 is 5.98. The third kappa shape index (κ3) is 10.2. The highest BCUT2D eigenvalue weighted by Crippen LogP contribution is 2.30. The van der Waals surface area contributed by atoms with Crippen molar-refractivity contribution in [2.75, 3.05) is 6.61 Å². The summed E-state index contributed by atoms with van der Waals surface area (Å²) in [5.74, 6) is 0. The van der Waals surface area contributed by atoms with Crippen LogP contribution in [0.1, 0.15) is 68.2 Å². The second-order valence-electron chi connectivity index (χ2n) is 7.66. The maximum absolute atomic E-state index is 5.98. The molecule has 0 aromatic rings. The first-order valence-electron chi connectivity index (χ1n) is 6.05. The van der Waals surface area contributed by atoms with E-state index in [2.05, 4.69) is 55.4 Å². The van der Waals surface area contributed by atoms with Crippen LogP contribution in [0.3, 0.4) is 0 Å². The van der Waals surface area contributed by atoms with Gasteiger partial charge in [-0.05, 0) is 37.5 Å². The van der Waals surface area contributed by atoms with Crippen molar-refractivity contribution in [3.63, 3.8) is 0 Å². The number of ether oxygens (including phenoxy) is 1. The van der Waals surface area contributed by atoms with Crippen molar-refractivity contribution in [3.8, 4) is 0 Å². The predicted molar refractivity (Wildman–Crippen MR) is 68.2 cm³/mol. The van der Waals surface area contributed by atoms with Crippen LogP contribution in [-0.2, 0) is 4.74 Å². The molecule has 0 atom stereocenters. The van der Waals surface area contributed by atoms with Gasteiger partial charge >= 0.3 is 0 Å². The minimum atomic E-state index is 0.00347. The molecule has 0 saturated heterocycles. The monoisotopic (exact) mass is 214 g/mol. The maximum atomic E-state index is 5.98. The Morgan fingerprint density at radius 2 is 1.20 bits per heavy atom. The van der Waals surface area contributed by atoms with E-state index in [0.717, 1.165) is 19.4 Å². The highest BCUT2D eigenvalue weighted by atomic mass is 16.5. The molecule has 0 aliphatic carbocycles. The highest BCUT2D eigenvalue weighted by molar-refractivity contribution is 4.77. The van der Waals surface area contributed by atoms with Crippen LogP contribution in [0.5, 0.6) is 0 Å². The molecule has 0 aromatic heterocycles. The number of hydrogen-bond donors (Lipinski definition) is 0. The summed E-state index contributed by atoms with van der Waals surface area (Å²) >= 11 is 0. The molecule has 15 heavy (non-hydrogen) atoms. The first kappa shape index (κ1) is 15.0. The van der Waals surface area contributed by atoms with Gasteiger partial charge in [-0.15, -0.1) is 0 Å². The molecule has 1 heteroatoms. The summed E-state index contributed by atoms with van der Waals surface area (Å²) in [4.78, 5) is 0. The molecule has 0 spiro atoms. The lowest BCUT2D eigenvalue weighted by Crippen LogP contribution is -2.31. The molecular weight excluding hydrogens is 184 g/mol. The van der Waals surface area contributed by atoms with Crippen LogP contribution < -0.4 is 0 Å². The summed E-state index contributed by atoms with van der Waals surface area (Å²) in [6.45, 7) is 18.8. The Labute approximate surface area is 96.6 Å². The topological polar surface area (TPSA) is 9.23 Å². The largest absolute Gasteiger partial charge is 0.376 e. The third-order valence-electron chi connectivity index (χ3n) is 2.30. The molecule has 0 unspecified atom stereocenters. The zero-order chi connectivity index (χ0) is 12.3. The van der Waals surface area contributed by atoms with E-state index in [1.165, 1.54) is 0 Å². The van der Waals surface area contributed by atoms with Gasteiger partial charge in [0.15, 0.2) is 0 Å². The summed E-state index contributed by atoms with van der Waals surface area (Å²) in [5.41, 5.74) is 0.715. The van der Waals surface area contributed by atoms with E-state index in [0.29, 0.717) is 10.8 Å². The first-order valence-corrected chi connectivity index (χ1v) is 6.05. The van der Waals surface area contributed by atoms with Crippen molar-refractivity contribution in [2.45, 2.75) is 73.8 Å². The third-order valence-corrected chi connectivity index (χ3v) is 2.30. The van der Waals surface area contributed by atoms with Crippen LogP contribution in [0, 0.1) is 10.8 Å². The minimum Gasteiger partial charge on any atom is -0.376 e. The smallest absolute Gasteiger partial charge is 0.0631 e. The summed E-state index contributed by atoms with van der Waals surface area (Å²) in [6.07, 6.45) is 2.23. The Hall–Kier alpha value is -0.0400.